The number of nitrogens with zero attached hydrogens (tertiary/aromatic N) is 3. The molecule has 0 aliphatic carbocycles. The van der Waals surface area contributed by atoms with E-state index < -0.39 is 0 Å². The molecule has 0 aliphatic heterocycles. The van der Waals surface area contributed by atoms with E-state index in [0.29, 0.717) is 49.6 Å². The first-order chi connectivity index (χ1) is 42.6. The third-order valence-electron chi connectivity index (χ3n) is 17.2. The molecule has 5 aromatic carbocycles. The van der Waals surface area contributed by atoms with Crippen LogP contribution in [0.1, 0.15) is 288 Å². The molecule has 0 fully saturated rings. The molecule has 0 aliphatic rings. The highest BCUT2D eigenvalue weighted by molar-refractivity contribution is 7.72. The lowest BCUT2D eigenvalue weighted by atomic mass is 9.89. The fourth-order valence-corrected chi connectivity index (χ4v) is 13.4. The zero-order chi connectivity index (χ0) is 70.7. The number of unbranched alkanes of at least 4 members (excludes halogenated alkanes) is 10. The minimum Gasteiger partial charge on any atom is -0.387 e. The second-order valence-electron chi connectivity index (χ2n) is 31.9. The quantitative estimate of drug-likeness (QED) is 0.0300. The van der Waals surface area contributed by atoms with Crippen LogP contribution in [0.25, 0.3) is 0 Å². The van der Waals surface area contributed by atoms with E-state index >= 15 is 0 Å². The molecule has 15 heteroatoms. The van der Waals surface area contributed by atoms with Crippen molar-refractivity contribution in [2.75, 3.05) is 79.7 Å². The van der Waals surface area contributed by atoms with Crippen LogP contribution in [0, 0.1) is 49.6 Å². The van der Waals surface area contributed by atoms with E-state index in [4.69, 9.17) is 61.1 Å². The van der Waals surface area contributed by atoms with E-state index in [1.807, 2.05) is 40.0 Å². The molecule has 0 saturated heterocycles. The van der Waals surface area contributed by atoms with Crippen LogP contribution in [0.15, 0.2) is 24.0 Å². The molecule has 92 heavy (non-hydrogen) atoms. The van der Waals surface area contributed by atoms with E-state index in [1.54, 1.807) is 0 Å². The average Bonchev–Trinajstić information content (AvgIpc) is 0.819. The molecule has 0 bridgehead atoms. The lowest BCUT2D eigenvalue weighted by Gasteiger charge is -2.26. The van der Waals surface area contributed by atoms with Gasteiger partial charge in [-0.2, -0.15) is 0 Å². The molecule has 0 saturated carbocycles. The number of hydrogen-bond donors (Lipinski definition) is 2. The summed E-state index contributed by atoms with van der Waals surface area (Å²) in [4.78, 5) is 64.8. The van der Waals surface area contributed by atoms with Gasteiger partial charge in [-0.1, -0.05) is 229 Å². The van der Waals surface area contributed by atoms with Gasteiger partial charge >= 0.3 is 0 Å². The predicted octanol–water partition coefficient (Wildman–Crippen LogP) is 20.8. The van der Waals surface area contributed by atoms with Crippen LogP contribution in [0.2, 0.25) is 0 Å². The van der Waals surface area contributed by atoms with Crippen molar-refractivity contribution >= 4 is 89.5 Å². The molecule has 0 spiro atoms. The van der Waals surface area contributed by atoms with Gasteiger partial charge in [-0.05, 0) is 151 Å². The summed E-state index contributed by atoms with van der Waals surface area (Å²) in [5.41, 5.74) is 12.3. The third kappa shape index (κ3) is 30.3. The summed E-state index contributed by atoms with van der Waals surface area (Å²) in [5, 5.41) is 6.21. The highest BCUT2D eigenvalue weighted by Gasteiger charge is 2.24. The van der Waals surface area contributed by atoms with Gasteiger partial charge in [0.15, 0.2) is 0 Å². The van der Waals surface area contributed by atoms with Crippen molar-refractivity contribution in [1.82, 2.24) is 0 Å². The number of rotatable bonds is 34. The van der Waals surface area contributed by atoms with Crippen molar-refractivity contribution in [2.45, 2.75) is 292 Å². The maximum absolute atomic E-state index is 11.9. The lowest BCUT2D eigenvalue weighted by molar-refractivity contribution is 0.358. The third-order valence-corrected chi connectivity index (χ3v) is 19.1. The molecule has 0 atom stereocenters. The van der Waals surface area contributed by atoms with Gasteiger partial charge in [-0.3, -0.25) is 24.0 Å². The van der Waals surface area contributed by atoms with E-state index in [2.05, 4.69) is 145 Å². The standard InChI is InChI=1S/C17H29NOS.C16H27NOS.2C15H25NOS.C14H23NOS/c1-6-18(7-2)14-13(15(19)16(14)20)11-9-8-10-12-17(3,4)5;1-6-17(5)13-12(14(18)15(13)19)10-8-7-9-11-16(2,3)4;1-15(2,3)10-8-6-7-9-11-12(16(4)5)14(18)13(11)17;1-5-16-12-11(13(17)14(12)18)9-7-6-8-10-15(2,3)4;1-14(2,3)9-7-5-6-8-10-11(15-4)13(17)12(10)16/h6-12H2,1-5H3;6-11H2,1-5H3;6-10H2,1-5H3;16H,5-10H2,1-4H3;15H,5-9H2,1-4H3. The Morgan fingerprint density at radius 1 is 0.326 bits per heavy atom. The summed E-state index contributed by atoms with van der Waals surface area (Å²) in [6, 6.07) is 0. The van der Waals surface area contributed by atoms with Gasteiger partial charge in [-0.25, -0.2) is 0 Å². The second-order valence-corrected chi connectivity index (χ2v) is 34.0. The maximum atomic E-state index is 11.9. The largest absolute Gasteiger partial charge is 0.387 e. The maximum Gasteiger partial charge on any atom is 0.204 e. The molecular formula is C77H129N5O5S5. The van der Waals surface area contributed by atoms with Gasteiger partial charge in [0.1, 0.15) is 22.6 Å². The fourth-order valence-electron chi connectivity index (χ4n) is 11.5. The molecule has 0 aromatic heterocycles. The Morgan fingerprint density at radius 3 is 0.870 bits per heavy atom. The molecule has 0 heterocycles. The zero-order valence-electron chi connectivity index (χ0n) is 62.4. The van der Waals surface area contributed by atoms with Gasteiger partial charge < -0.3 is 25.3 Å². The van der Waals surface area contributed by atoms with Crippen molar-refractivity contribution in [1.29, 1.82) is 0 Å². The number of hydrogen-bond acceptors (Lipinski definition) is 15. The molecule has 10 nitrogen and oxygen atoms in total. The van der Waals surface area contributed by atoms with Crippen molar-refractivity contribution in [3.05, 3.63) is 101 Å². The summed E-state index contributed by atoms with van der Waals surface area (Å²) < 4.78 is 2.59. The Balaban J connectivity index is 0.000000576. The Bertz CT molecular complexity index is 3340. The van der Waals surface area contributed by atoms with Crippen molar-refractivity contribution < 1.29 is 0 Å². The second kappa shape index (κ2) is 40.9. The van der Waals surface area contributed by atoms with Crippen molar-refractivity contribution in [3.63, 3.8) is 0 Å². The Morgan fingerprint density at radius 2 is 0.587 bits per heavy atom. The number of nitrogens with one attached hydrogen (secondary N) is 2. The van der Waals surface area contributed by atoms with Crippen LogP contribution in [-0.2, 0) is 32.1 Å². The van der Waals surface area contributed by atoms with Gasteiger partial charge in [0.05, 0.1) is 28.4 Å². The van der Waals surface area contributed by atoms with E-state index in [9.17, 15) is 24.0 Å². The molecule has 5 rings (SSSR count). The Kier molecular flexibility index (Phi) is 38.5. The minimum absolute atomic E-state index is 0.0835. The van der Waals surface area contributed by atoms with Crippen molar-refractivity contribution in [3.8, 4) is 0 Å². The van der Waals surface area contributed by atoms with Crippen LogP contribution >= 0.6 is 61.1 Å². The zero-order valence-corrected chi connectivity index (χ0v) is 66.5. The predicted molar refractivity (Wildman–Crippen MR) is 418 cm³/mol. The van der Waals surface area contributed by atoms with E-state index in [1.165, 1.54) is 96.3 Å². The molecule has 522 valence electrons. The molecule has 2 N–H and O–H groups in total. The van der Waals surface area contributed by atoms with Gasteiger partial charge in [0, 0.05) is 82.2 Å². The Labute approximate surface area is 585 Å². The fraction of sp³-hybridized carbons (Fsp3) is 0.740. The van der Waals surface area contributed by atoms with E-state index in [0.717, 1.165) is 147 Å². The van der Waals surface area contributed by atoms with Crippen molar-refractivity contribution in [2.24, 2.45) is 27.1 Å². The first-order valence-electron chi connectivity index (χ1n) is 35.2. The van der Waals surface area contributed by atoms with E-state index in [-0.39, 0.29) is 27.1 Å². The first kappa shape index (κ1) is 86.5. The average molecular weight is 1370 g/mol. The summed E-state index contributed by atoms with van der Waals surface area (Å²) in [7, 11) is 7.74. The molecule has 0 unspecified atom stereocenters. The topological polar surface area (TPSA) is 119 Å². The summed E-state index contributed by atoms with van der Waals surface area (Å²) >= 11 is 25.5. The summed E-state index contributed by atoms with van der Waals surface area (Å²) in [6.07, 6.45) is 28.3. The SMILES string of the molecule is CCN(C)c1c(CCCCCC(C)(C)C)c(=O)c1=S.CCN(CC)c1c(CCCCCC(C)(C)C)c(=O)c1=S.CCNc1c(CCCCCC(C)(C)C)c(=O)c1=S.CN(C)c1c(CCCCCC(C)(C)C)c(=O)c1=S.CNc1c(CCCCCC(C)(C)C)c(=O)c1=S. The Hall–Kier alpha value is -3.50. The number of anilines is 5. The van der Waals surface area contributed by atoms with Crippen LogP contribution in [0.5, 0.6) is 0 Å². The highest BCUT2D eigenvalue weighted by atomic mass is 32.1. The van der Waals surface area contributed by atoms with Gasteiger partial charge in [-0.15, -0.1) is 0 Å². The van der Waals surface area contributed by atoms with Crippen LogP contribution < -0.4 is 52.5 Å². The highest BCUT2D eigenvalue weighted by Crippen LogP contribution is 2.31. The monoisotopic (exact) mass is 1360 g/mol. The van der Waals surface area contributed by atoms with Crippen LogP contribution in [0.4, 0.5) is 28.4 Å². The van der Waals surface area contributed by atoms with Crippen LogP contribution in [0.3, 0.4) is 0 Å². The molecule has 0 amide bonds. The molecular weight excluding hydrogens is 1240 g/mol. The van der Waals surface area contributed by atoms with Gasteiger partial charge in [0.2, 0.25) is 27.1 Å². The smallest absolute Gasteiger partial charge is 0.204 e. The minimum atomic E-state index is 0.0835. The normalized spacial score (nSPS) is 12.0. The van der Waals surface area contributed by atoms with Crippen LogP contribution in [-0.4, -0.2) is 54.4 Å². The molecule has 0 radical (unpaired) electrons. The summed E-state index contributed by atoms with van der Waals surface area (Å²) in [6.45, 7) is 46.0. The summed E-state index contributed by atoms with van der Waals surface area (Å²) in [5.74, 6) is 0. The molecule has 5 aromatic rings. The van der Waals surface area contributed by atoms with Gasteiger partial charge in [0.25, 0.3) is 0 Å². The first-order valence-corrected chi connectivity index (χ1v) is 37.3. The lowest BCUT2D eigenvalue weighted by Crippen LogP contribution is -2.31.